The first-order valence-electron chi connectivity index (χ1n) is 29.0. The summed E-state index contributed by atoms with van der Waals surface area (Å²) < 4.78 is 24.1. The van der Waals surface area contributed by atoms with E-state index in [-0.39, 0.29) is 90.5 Å². The number of ether oxygens (including phenoxy) is 4. The number of carbonyl (C=O) groups is 8. The fraction of sp³-hybridized carbons (Fsp3) is 0.338. The van der Waals surface area contributed by atoms with E-state index in [0.717, 1.165) is 33.4 Å². The lowest BCUT2D eigenvalue weighted by atomic mass is 9.98. The highest BCUT2D eigenvalue weighted by Gasteiger charge is 2.35. The molecule has 1 saturated heterocycles. The second-order valence-electron chi connectivity index (χ2n) is 21.1. The van der Waals surface area contributed by atoms with Crippen LogP contribution in [0.4, 0.5) is 9.59 Å². The second kappa shape index (κ2) is 32.8. The number of halogens is 1. The number of hydrogen-bond donors (Lipinski definition) is 7. The second-order valence-corrected chi connectivity index (χ2v) is 21.5. The highest BCUT2D eigenvalue weighted by molar-refractivity contribution is 6.30. The average Bonchev–Trinajstić information content (AvgIpc) is 1.77. The summed E-state index contributed by atoms with van der Waals surface area (Å²) in [6.45, 7) is 3.93. The van der Waals surface area contributed by atoms with E-state index >= 15 is 0 Å². The first-order valence-corrected chi connectivity index (χ1v) is 29.4. The van der Waals surface area contributed by atoms with E-state index in [4.69, 9.17) is 30.5 Å². The molecule has 1 fully saturated rings. The highest BCUT2D eigenvalue weighted by atomic mass is 35.5. The Kier molecular flexibility index (Phi) is 24.0. The fourth-order valence-electron chi connectivity index (χ4n) is 10.2. The molecule has 7 amide bonds. The zero-order chi connectivity index (χ0) is 61.3. The summed E-state index contributed by atoms with van der Waals surface area (Å²) in [5.41, 5.74) is 6.67. The van der Waals surface area contributed by atoms with Crippen molar-refractivity contribution < 1.29 is 57.3 Å². The Hall–Kier alpha value is -9.34. The van der Waals surface area contributed by atoms with Crippen molar-refractivity contribution in [3.05, 3.63) is 197 Å². The minimum Gasteiger partial charge on any atom is -0.460 e. The van der Waals surface area contributed by atoms with E-state index in [9.17, 15) is 38.4 Å². The molecule has 21 nitrogen and oxygen atoms in total. The van der Waals surface area contributed by atoms with Crippen molar-refractivity contribution in [2.75, 3.05) is 26.3 Å². The van der Waals surface area contributed by atoms with Gasteiger partial charge in [0.05, 0.1) is 25.0 Å². The lowest BCUT2D eigenvalue weighted by Crippen LogP contribution is -2.60. The van der Waals surface area contributed by atoms with E-state index < -0.39 is 84.3 Å². The van der Waals surface area contributed by atoms with Gasteiger partial charge < -0.3 is 60.7 Å². The van der Waals surface area contributed by atoms with Crippen LogP contribution < -0.4 is 37.2 Å². The third-order valence-corrected chi connectivity index (χ3v) is 14.9. The Bertz CT molecular complexity index is 3270. The van der Waals surface area contributed by atoms with Gasteiger partial charge in [-0.1, -0.05) is 146 Å². The molecule has 2 aliphatic rings. The normalized spacial score (nSPS) is 18.6. The summed E-state index contributed by atoms with van der Waals surface area (Å²) in [5, 5.41) is 19.8. The van der Waals surface area contributed by atoms with E-state index in [1.807, 2.05) is 78.9 Å². The molecule has 456 valence electrons. The van der Waals surface area contributed by atoms with Gasteiger partial charge in [-0.15, -0.1) is 0 Å². The van der Waals surface area contributed by atoms with Crippen LogP contribution in [0.3, 0.4) is 0 Å². The summed E-state index contributed by atoms with van der Waals surface area (Å²) >= 11 is 6.00. The Morgan fingerprint density at radius 2 is 1.28 bits per heavy atom. The number of esters is 1. The molecule has 1 aliphatic carbocycles. The number of hydrogen-bond acceptors (Lipinski definition) is 13. The summed E-state index contributed by atoms with van der Waals surface area (Å²) in [5.74, 6) is -5.04. The van der Waals surface area contributed by atoms with Crippen LogP contribution >= 0.6 is 11.6 Å². The number of benzene rings is 5. The largest absolute Gasteiger partial charge is 0.460 e. The molecule has 1 aliphatic heterocycles. The predicted octanol–water partition coefficient (Wildman–Crippen LogP) is 6.86. The lowest BCUT2D eigenvalue weighted by molar-refractivity contribution is -0.148. The third kappa shape index (κ3) is 19.6. The maximum absolute atomic E-state index is 14.9. The summed E-state index contributed by atoms with van der Waals surface area (Å²) in [7, 11) is 0. The molecule has 0 saturated carbocycles. The molecular formula is C65H72ClN9O12. The number of amides is 7. The fourth-order valence-corrected chi connectivity index (χ4v) is 10.3. The van der Waals surface area contributed by atoms with Crippen molar-refractivity contribution >= 4 is 59.3 Å². The monoisotopic (exact) mass is 1210 g/mol. The summed E-state index contributed by atoms with van der Waals surface area (Å²) in [6, 6.07) is 33.9. The minimum absolute atomic E-state index is 0.000953. The molecule has 1 aromatic heterocycles. The number of nitrogens with zero attached hydrogens (tertiary/aromatic N) is 2. The van der Waals surface area contributed by atoms with E-state index in [1.54, 1.807) is 65.4 Å². The van der Waals surface area contributed by atoms with Gasteiger partial charge in [0.15, 0.2) is 0 Å². The van der Waals surface area contributed by atoms with Gasteiger partial charge in [0.25, 0.3) is 0 Å². The lowest BCUT2D eigenvalue weighted by Gasteiger charge is -2.27. The summed E-state index contributed by atoms with van der Waals surface area (Å²) in [6.07, 6.45) is 3.19. The molecule has 87 heavy (non-hydrogen) atoms. The van der Waals surface area contributed by atoms with Crippen molar-refractivity contribution in [2.45, 2.75) is 114 Å². The topological polar surface area (TPSA) is 276 Å². The predicted molar refractivity (Wildman–Crippen MR) is 323 cm³/mol. The van der Waals surface area contributed by atoms with Crippen molar-refractivity contribution in [3.8, 4) is 11.1 Å². The van der Waals surface area contributed by atoms with Crippen molar-refractivity contribution in [1.82, 2.24) is 46.8 Å². The molecule has 6 aromatic rings. The zero-order valence-electron chi connectivity index (χ0n) is 48.1. The number of unbranched alkanes of at least 4 members (excludes halogenated alkanes) is 1. The zero-order valence-corrected chi connectivity index (χ0v) is 48.8. The van der Waals surface area contributed by atoms with Crippen LogP contribution in [-0.4, -0.2) is 114 Å². The van der Waals surface area contributed by atoms with E-state index in [2.05, 4.69) is 48.8 Å². The first kappa shape index (κ1) is 63.7. The number of fused-ring (bicyclic) bond motifs is 3. The van der Waals surface area contributed by atoms with Crippen molar-refractivity contribution in [2.24, 2.45) is 0 Å². The smallest absolute Gasteiger partial charge is 0.407 e. The van der Waals surface area contributed by atoms with Crippen molar-refractivity contribution in [3.63, 3.8) is 0 Å². The highest BCUT2D eigenvalue weighted by Crippen LogP contribution is 2.44. The summed E-state index contributed by atoms with van der Waals surface area (Å²) in [4.78, 5) is 117. The molecule has 8 rings (SSSR count). The molecule has 0 bridgehead atoms. The number of aromatic nitrogens is 2. The van der Waals surface area contributed by atoms with Gasteiger partial charge in [-0.25, -0.2) is 19.4 Å². The van der Waals surface area contributed by atoms with Gasteiger partial charge in [-0.2, -0.15) is 0 Å². The number of carbonyl (C=O) groups excluding carboxylic acids is 8. The minimum atomic E-state index is -1.53. The Morgan fingerprint density at radius 1 is 0.655 bits per heavy atom. The Balaban J connectivity index is 1.04. The molecule has 5 atom stereocenters. The Morgan fingerprint density at radius 3 is 1.98 bits per heavy atom. The first-order chi connectivity index (χ1) is 42.3. The molecule has 0 radical (unpaired) electrons. The quantitative estimate of drug-likeness (QED) is 0.0168. The molecule has 5 aromatic carbocycles. The van der Waals surface area contributed by atoms with E-state index in [0.29, 0.717) is 29.3 Å². The number of nitrogens with one attached hydrogen (secondary N) is 7. The van der Waals surface area contributed by atoms with Crippen LogP contribution in [0.5, 0.6) is 0 Å². The van der Waals surface area contributed by atoms with Gasteiger partial charge in [-0.05, 0) is 89.6 Å². The maximum Gasteiger partial charge on any atom is 0.407 e. The van der Waals surface area contributed by atoms with Crippen LogP contribution in [-0.2, 0) is 80.5 Å². The standard InChI is InChI=1S/C65H72ClN9O12/c1-2-33-85-63(81)57-36-58(76)67-31-15-13-26-54(74-65(83)87-40-52-50-23-11-9-21-48(50)49-22-10-12-24-51(49)52)60(78)70-53(25-14-16-32-68-64(82)86-39-45-27-29-46(66)30-28-45)59(77)71-55(34-43-17-5-3-6-18-43)61(79)72-56(62(80)73-57)35-47-37-75(41-69-47)42-84-38-44-19-7-4-8-20-44/h2-12,17-24,27-30,37,41,52-57H,1,13-16,25-26,31-36,38-40,42H2,(H,67,76)(H,68,82)(H,70,78)(H,71,77)(H,72,79)(H,73,80)(H,74,83)/t53-,54-,55-,56-,57-/m0/s1. The molecule has 0 spiro atoms. The maximum atomic E-state index is 14.9. The average molecular weight is 1210 g/mol. The van der Waals surface area contributed by atoms with Gasteiger partial charge >= 0.3 is 18.2 Å². The number of alkyl carbamates (subject to hydrolysis) is 2. The molecule has 2 heterocycles. The van der Waals surface area contributed by atoms with Crippen molar-refractivity contribution in [1.29, 1.82) is 0 Å². The van der Waals surface area contributed by atoms with Crippen LogP contribution in [0, 0.1) is 0 Å². The van der Waals surface area contributed by atoms with Gasteiger partial charge in [-0.3, -0.25) is 24.0 Å². The molecule has 7 N–H and O–H groups in total. The van der Waals surface area contributed by atoms with Crippen LogP contribution in [0.2, 0.25) is 5.02 Å². The third-order valence-electron chi connectivity index (χ3n) is 14.6. The number of imidazole rings is 1. The SMILES string of the molecule is C=CCOC(=O)[C@@H]1CC(=O)NCCCC[C@H](NC(=O)OCC2c3ccccc3-c3ccccc32)C(=O)N[C@@H](CCCCNC(=O)OCc2ccc(Cl)cc2)C(=O)N[C@@H](Cc2ccccc2)C(=O)N[C@@H](Cc2cn(COCc3ccccc3)cn2)C(=O)N1. The van der Waals surface area contributed by atoms with Crippen LogP contribution in [0.1, 0.15) is 84.4 Å². The molecule has 0 unspecified atom stereocenters. The molecular weight excluding hydrogens is 1130 g/mol. The number of rotatable bonds is 21. The van der Waals surface area contributed by atoms with Gasteiger partial charge in [0.2, 0.25) is 29.5 Å². The van der Waals surface area contributed by atoms with Gasteiger partial charge in [0, 0.05) is 43.1 Å². The van der Waals surface area contributed by atoms with Crippen LogP contribution in [0.25, 0.3) is 11.1 Å². The van der Waals surface area contributed by atoms with Crippen LogP contribution in [0.15, 0.2) is 159 Å². The van der Waals surface area contributed by atoms with E-state index in [1.165, 1.54) is 12.4 Å². The van der Waals surface area contributed by atoms with Gasteiger partial charge in [0.1, 0.15) is 56.8 Å². The Labute approximate surface area is 509 Å². The molecule has 22 heteroatoms.